The number of carbonyl (C=O) groups is 1. The van der Waals surface area contributed by atoms with Gasteiger partial charge in [-0.25, -0.2) is 4.79 Å². The molecule has 2 fully saturated rings. The third-order valence-corrected chi connectivity index (χ3v) is 5.11. The molecule has 0 unspecified atom stereocenters. The van der Waals surface area contributed by atoms with Gasteiger partial charge >= 0.3 is 6.03 Å². The Bertz CT molecular complexity index is 535. The van der Waals surface area contributed by atoms with Crippen molar-refractivity contribution in [1.82, 2.24) is 9.80 Å². The van der Waals surface area contributed by atoms with Gasteiger partial charge in [0, 0.05) is 64.3 Å². The van der Waals surface area contributed by atoms with Crippen molar-refractivity contribution in [2.75, 3.05) is 69.7 Å². The maximum atomic E-state index is 12.4. The Kier molecular flexibility index (Phi) is 6.53. The number of nitrogens with one attached hydrogen (secondary N) is 1. The van der Waals surface area contributed by atoms with Crippen LogP contribution in [0, 0.1) is 0 Å². The van der Waals surface area contributed by atoms with Crippen LogP contribution >= 0.6 is 0 Å². The SMILES string of the molecule is COCCN1CCN(C(=O)Nc2ccc(N3CCCCC3)cc2)CC1. The first kappa shape index (κ1) is 18.0. The number of nitrogens with zero attached hydrogens (tertiary/aromatic N) is 3. The van der Waals surface area contributed by atoms with E-state index in [1.54, 1.807) is 7.11 Å². The smallest absolute Gasteiger partial charge is 0.321 e. The second-order valence-electron chi connectivity index (χ2n) is 6.85. The van der Waals surface area contributed by atoms with Crippen molar-refractivity contribution in [1.29, 1.82) is 0 Å². The van der Waals surface area contributed by atoms with Crippen molar-refractivity contribution >= 4 is 17.4 Å². The highest BCUT2D eigenvalue weighted by molar-refractivity contribution is 5.89. The highest BCUT2D eigenvalue weighted by Crippen LogP contribution is 2.22. The normalized spacial score (nSPS) is 19.1. The summed E-state index contributed by atoms with van der Waals surface area (Å²) in [5.41, 5.74) is 2.12. The zero-order valence-corrected chi connectivity index (χ0v) is 15.2. The van der Waals surface area contributed by atoms with E-state index in [9.17, 15) is 4.79 Å². The van der Waals surface area contributed by atoms with Crippen LogP contribution in [0.25, 0.3) is 0 Å². The molecule has 0 aromatic heterocycles. The number of hydrogen-bond acceptors (Lipinski definition) is 4. The molecular weight excluding hydrogens is 316 g/mol. The lowest BCUT2D eigenvalue weighted by Crippen LogP contribution is -2.50. The first-order valence-corrected chi connectivity index (χ1v) is 9.38. The summed E-state index contributed by atoms with van der Waals surface area (Å²) < 4.78 is 5.11. The van der Waals surface area contributed by atoms with E-state index < -0.39 is 0 Å². The summed E-state index contributed by atoms with van der Waals surface area (Å²) >= 11 is 0. The molecule has 1 aromatic rings. The maximum absolute atomic E-state index is 12.4. The lowest BCUT2D eigenvalue weighted by molar-refractivity contribution is 0.109. The van der Waals surface area contributed by atoms with Gasteiger partial charge in [-0.1, -0.05) is 0 Å². The molecule has 0 spiro atoms. The molecular formula is C19H30N4O2. The van der Waals surface area contributed by atoms with Crippen LogP contribution in [0.5, 0.6) is 0 Å². The predicted molar refractivity (Wildman–Crippen MR) is 101 cm³/mol. The lowest BCUT2D eigenvalue weighted by Gasteiger charge is -2.34. The van der Waals surface area contributed by atoms with Crippen molar-refractivity contribution in [2.24, 2.45) is 0 Å². The number of urea groups is 1. The Morgan fingerprint density at radius 3 is 2.32 bits per heavy atom. The topological polar surface area (TPSA) is 48.1 Å². The molecule has 2 aliphatic heterocycles. The molecule has 2 amide bonds. The average Bonchev–Trinajstić information content (AvgIpc) is 2.68. The van der Waals surface area contributed by atoms with Gasteiger partial charge in [0.05, 0.1) is 6.61 Å². The second-order valence-corrected chi connectivity index (χ2v) is 6.85. The van der Waals surface area contributed by atoms with E-state index in [2.05, 4.69) is 27.2 Å². The number of hydrogen-bond donors (Lipinski definition) is 1. The van der Waals surface area contributed by atoms with Crippen LogP contribution in [0.15, 0.2) is 24.3 Å². The van der Waals surface area contributed by atoms with Gasteiger partial charge in [0.15, 0.2) is 0 Å². The van der Waals surface area contributed by atoms with Gasteiger partial charge < -0.3 is 19.9 Å². The van der Waals surface area contributed by atoms with Gasteiger partial charge in [-0.3, -0.25) is 4.90 Å². The molecule has 1 N–H and O–H groups in total. The number of methoxy groups -OCH3 is 1. The summed E-state index contributed by atoms with van der Waals surface area (Å²) in [6.45, 7) is 7.30. The quantitative estimate of drug-likeness (QED) is 0.890. The number of amides is 2. The molecule has 0 aliphatic carbocycles. The van der Waals surface area contributed by atoms with Crippen LogP contribution in [-0.2, 0) is 4.74 Å². The summed E-state index contributed by atoms with van der Waals surface area (Å²) in [7, 11) is 1.72. The van der Waals surface area contributed by atoms with E-state index in [-0.39, 0.29) is 6.03 Å². The van der Waals surface area contributed by atoms with Crippen molar-refractivity contribution in [3.05, 3.63) is 24.3 Å². The van der Waals surface area contributed by atoms with E-state index in [1.807, 2.05) is 17.0 Å². The molecule has 0 saturated carbocycles. The minimum Gasteiger partial charge on any atom is -0.383 e. The minimum atomic E-state index is -0.00267. The largest absolute Gasteiger partial charge is 0.383 e. The van der Waals surface area contributed by atoms with E-state index in [0.29, 0.717) is 0 Å². The van der Waals surface area contributed by atoms with E-state index in [0.717, 1.165) is 58.1 Å². The van der Waals surface area contributed by atoms with E-state index in [4.69, 9.17) is 4.74 Å². The maximum Gasteiger partial charge on any atom is 0.321 e. The van der Waals surface area contributed by atoms with Crippen LogP contribution < -0.4 is 10.2 Å². The molecule has 3 rings (SSSR count). The molecule has 2 saturated heterocycles. The van der Waals surface area contributed by atoms with Crippen LogP contribution in [0.1, 0.15) is 19.3 Å². The Morgan fingerprint density at radius 1 is 1.00 bits per heavy atom. The number of benzene rings is 1. The van der Waals surface area contributed by atoms with Gasteiger partial charge in [-0.2, -0.15) is 0 Å². The first-order valence-electron chi connectivity index (χ1n) is 9.38. The van der Waals surface area contributed by atoms with Gasteiger partial charge in [-0.15, -0.1) is 0 Å². The summed E-state index contributed by atoms with van der Waals surface area (Å²) in [5.74, 6) is 0. The molecule has 1 aromatic carbocycles. The van der Waals surface area contributed by atoms with E-state index in [1.165, 1.54) is 24.9 Å². The summed E-state index contributed by atoms with van der Waals surface area (Å²) in [6, 6.07) is 8.25. The number of carbonyl (C=O) groups excluding carboxylic acids is 1. The third kappa shape index (κ3) is 5.09. The molecule has 6 nitrogen and oxygen atoms in total. The minimum absolute atomic E-state index is 0.00267. The van der Waals surface area contributed by atoms with E-state index >= 15 is 0 Å². The fraction of sp³-hybridized carbons (Fsp3) is 0.632. The summed E-state index contributed by atoms with van der Waals surface area (Å²) in [6.07, 6.45) is 3.88. The second kappa shape index (κ2) is 9.06. The number of anilines is 2. The number of piperidine rings is 1. The molecule has 0 bridgehead atoms. The molecule has 25 heavy (non-hydrogen) atoms. The Morgan fingerprint density at radius 2 is 1.68 bits per heavy atom. The van der Waals surface area contributed by atoms with Crippen LogP contribution in [0.3, 0.4) is 0 Å². The molecule has 138 valence electrons. The zero-order chi connectivity index (χ0) is 17.5. The van der Waals surface area contributed by atoms with Crippen molar-refractivity contribution in [2.45, 2.75) is 19.3 Å². The number of rotatable bonds is 5. The molecule has 0 radical (unpaired) electrons. The third-order valence-electron chi connectivity index (χ3n) is 5.11. The average molecular weight is 346 g/mol. The Hall–Kier alpha value is -1.79. The highest BCUT2D eigenvalue weighted by atomic mass is 16.5. The first-order chi connectivity index (χ1) is 12.3. The Balaban J connectivity index is 1.46. The van der Waals surface area contributed by atoms with Gasteiger partial charge in [0.1, 0.15) is 0 Å². The van der Waals surface area contributed by atoms with Crippen molar-refractivity contribution < 1.29 is 9.53 Å². The monoisotopic (exact) mass is 346 g/mol. The molecule has 6 heteroatoms. The molecule has 2 aliphatic rings. The zero-order valence-electron chi connectivity index (χ0n) is 15.2. The van der Waals surface area contributed by atoms with Gasteiger partial charge in [-0.05, 0) is 43.5 Å². The van der Waals surface area contributed by atoms with Crippen LogP contribution in [-0.4, -0.2) is 75.4 Å². The van der Waals surface area contributed by atoms with Crippen molar-refractivity contribution in [3.63, 3.8) is 0 Å². The van der Waals surface area contributed by atoms with Crippen LogP contribution in [0.2, 0.25) is 0 Å². The number of ether oxygens (including phenoxy) is 1. The van der Waals surface area contributed by atoms with Gasteiger partial charge in [0.25, 0.3) is 0 Å². The fourth-order valence-corrected chi connectivity index (χ4v) is 3.51. The van der Waals surface area contributed by atoms with Crippen molar-refractivity contribution in [3.8, 4) is 0 Å². The fourth-order valence-electron chi connectivity index (χ4n) is 3.51. The molecule has 0 atom stereocenters. The lowest BCUT2D eigenvalue weighted by atomic mass is 10.1. The standard InChI is InChI=1S/C19H30N4O2/c1-25-16-15-21-11-13-23(14-12-21)19(24)20-17-5-7-18(8-6-17)22-9-3-2-4-10-22/h5-8H,2-4,9-16H2,1H3,(H,20,24). The summed E-state index contributed by atoms with van der Waals surface area (Å²) in [5, 5.41) is 3.03. The van der Waals surface area contributed by atoms with Crippen LogP contribution in [0.4, 0.5) is 16.2 Å². The number of piperazine rings is 1. The molecule has 2 heterocycles. The highest BCUT2D eigenvalue weighted by Gasteiger charge is 2.21. The summed E-state index contributed by atoms with van der Waals surface area (Å²) in [4.78, 5) is 19.1. The Labute approximate surface area is 150 Å². The predicted octanol–water partition coefficient (Wildman–Crippen LogP) is 2.47. The van der Waals surface area contributed by atoms with Gasteiger partial charge in [0.2, 0.25) is 0 Å².